The topological polar surface area (TPSA) is 24.1 Å². The summed E-state index contributed by atoms with van der Waals surface area (Å²) in [7, 11) is 0. The summed E-state index contributed by atoms with van der Waals surface area (Å²) in [5.41, 5.74) is 4.50. The van der Waals surface area contributed by atoms with Gasteiger partial charge in [-0.25, -0.2) is 0 Å². The van der Waals surface area contributed by atoms with Crippen LogP contribution in [0.1, 0.15) is 43.2 Å². The summed E-state index contributed by atoms with van der Waals surface area (Å²) in [6.07, 6.45) is 9.35. The van der Waals surface area contributed by atoms with Crippen LogP contribution in [0.3, 0.4) is 0 Å². The predicted octanol–water partition coefficient (Wildman–Crippen LogP) is 3.12. The van der Waals surface area contributed by atoms with Gasteiger partial charge in [0.15, 0.2) is 0 Å². The summed E-state index contributed by atoms with van der Waals surface area (Å²) in [5.74, 6) is 0. The Labute approximate surface area is 110 Å². The van der Waals surface area contributed by atoms with E-state index in [1.54, 1.807) is 11.1 Å². The van der Waals surface area contributed by atoms with Gasteiger partial charge in [0.1, 0.15) is 0 Å². The Morgan fingerprint density at radius 1 is 1.22 bits per heavy atom. The molecule has 18 heavy (non-hydrogen) atoms. The molecule has 2 N–H and O–H groups in total. The van der Waals surface area contributed by atoms with Gasteiger partial charge in [0, 0.05) is 18.3 Å². The van der Waals surface area contributed by atoms with E-state index >= 15 is 0 Å². The molecular formula is C16H24N2. The zero-order chi connectivity index (χ0) is 12.2. The molecule has 0 saturated heterocycles. The Hall–Kier alpha value is -1.02. The lowest BCUT2D eigenvalue weighted by molar-refractivity contribution is 0.515. The minimum Gasteiger partial charge on any atom is -0.384 e. The number of nitrogens with one attached hydrogen (secondary N) is 2. The van der Waals surface area contributed by atoms with Crippen LogP contribution in [-0.2, 0) is 12.8 Å². The fraction of sp³-hybridized carbons (Fsp3) is 0.625. The average Bonchev–Trinajstić information content (AvgIpc) is 3.05. The van der Waals surface area contributed by atoms with Crippen molar-refractivity contribution in [3.63, 3.8) is 0 Å². The molecule has 1 heterocycles. The van der Waals surface area contributed by atoms with Gasteiger partial charge in [0.05, 0.1) is 0 Å². The van der Waals surface area contributed by atoms with E-state index in [1.807, 2.05) is 0 Å². The predicted molar refractivity (Wildman–Crippen MR) is 77.2 cm³/mol. The van der Waals surface area contributed by atoms with Crippen LogP contribution in [0, 0.1) is 0 Å². The first-order valence-corrected chi connectivity index (χ1v) is 7.51. The molecule has 98 valence electrons. The Balaban J connectivity index is 1.47. The van der Waals surface area contributed by atoms with E-state index in [1.165, 1.54) is 57.2 Å². The molecule has 1 aromatic rings. The molecule has 0 amide bonds. The maximum atomic E-state index is 3.70. The fourth-order valence-electron chi connectivity index (χ4n) is 3.37. The van der Waals surface area contributed by atoms with E-state index in [0.29, 0.717) is 0 Å². The van der Waals surface area contributed by atoms with Crippen molar-refractivity contribution in [1.82, 2.24) is 5.32 Å². The number of rotatable bonds is 5. The van der Waals surface area contributed by atoms with Crippen LogP contribution >= 0.6 is 0 Å². The summed E-state index contributed by atoms with van der Waals surface area (Å²) >= 11 is 0. The number of aryl methyl sites for hydroxylation is 1. The van der Waals surface area contributed by atoms with E-state index in [0.717, 1.165) is 12.6 Å². The summed E-state index contributed by atoms with van der Waals surface area (Å²) in [4.78, 5) is 0. The van der Waals surface area contributed by atoms with Crippen LogP contribution in [0.4, 0.5) is 5.69 Å². The van der Waals surface area contributed by atoms with E-state index in [9.17, 15) is 0 Å². The Kier molecular flexibility index (Phi) is 3.84. The van der Waals surface area contributed by atoms with E-state index in [-0.39, 0.29) is 0 Å². The molecule has 3 rings (SSSR count). The Morgan fingerprint density at radius 2 is 2.11 bits per heavy atom. The van der Waals surface area contributed by atoms with E-state index < -0.39 is 0 Å². The van der Waals surface area contributed by atoms with Crippen LogP contribution in [0.15, 0.2) is 18.2 Å². The van der Waals surface area contributed by atoms with Crippen molar-refractivity contribution in [2.24, 2.45) is 0 Å². The lowest BCUT2D eigenvalue weighted by Crippen LogP contribution is -2.27. The molecule has 2 heteroatoms. The van der Waals surface area contributed by atoms with Crippen LogP contribution in [0.5, 0.6) is 0 Å². The standard InChI is InChI=1S/C16H24N2/c1-2-8-14(7-1)17-11-4-6-13-5-3-9-16-15(13)10-12-18-16/h3,5,9,14,17-18H,1-2,4,6-8,10-12H2. The highest BCUT2D eigenvalue weighted by Crippen LogP contribution is 2.26. The quantitative estimate of drug-likeness (QED) is 0.778. The van der Waals surface area contributed by atoms with E-state index in [2.05, 4.69) is 28.8 Å². The van der Waals surface area contributed by atoms with Gasteiger partial charge >= 0.3 is 0 Å². The number of anilines is 1. The fourth-order valence-corrected chi connectivity index (χ4v) is 3.37. The molecular weight excluding hydrogens is 220 g/mol. The van der Waals surface area contributed by atoms with Crippen LogP contribution in [0.25, 0.3) is 0 Å². The van der Waals surface area contributed by atoms with Crippen molar-refractivity contribution >= 4 is 5.69 Å². The van der Waals surface area contributed by atoms with Gasteiger partial charge in [-0.3, -0.25) is 0 Å². The molecule has 0 bridgehead atoms. The zero-order valence-corrected chi connectivity index (χ0v) is 11.2. The molecule has 0 spiro atoms. The normalized spacial score (nSPS) is 18.9. The Morgan fingerprint density at radius 3 is 3.00 bits per heavy atom. The molecule has 1 saturated carbocycles. The molecule has 1 fully saturated rings. The highest BCUT2D eigenvalue weighted by atomic mass is 14.9. The first-order valence-electron chi connectivity index (χ1n) is 7.51. The van der Waals surface area contributed by atoms with Gasteiger partial charge in [-0.05, 0) is 55.8 Å². The second-order valence-electron chi connectivity index (χ2n) is 5.66. The molecule has 0 unspecified atom stereocenters. The summed E-state index contributed by atoms with van der Waals surface area (Å²) < 4.78 is 0. The lowest BCUT2D eigenvalue weighted by Gasteiger charge is -2.12. The number of hydrogen-bond donors (Lipinski definition) is 2. The van der Waals surface area contributed by atoms with Gasteiger partial charge in [0.25, 0.3) is 0 Å². The van der Waals surface area contributed by atoms with Crippen molar-refractivity contribution in [2.45, 2.75) is 51.0 Å². The highest BCUT2D eigenvalue weighted by Gasteiger charge is 2.15. The molecule has 2 nitrogen and oxygen atoms in total. The minimum atomic E-state index is 0.813. The first kappa shape index (κ1) is 12.0. The third-order valence-corrected chi connectivity index (χ3v) is 4.37. The first-order chi connectivity index (χ1) is 8.93. The Bertz CT molecular complexity index is 394. The number of benzene rings is 1. The average molecular weight is 244 g/mol. The summed E-state index contributed by atoms with van der Waals surface area (Å²) in [5, 5.41) is 7.16. The molecule has 1 aromatic carbocycles. The zero-order valence-electron chi connectivity index (χ0n) is 11.2. The van der Waals surface area contributed by atoms with Gasteiger partial charge in [-0.15, -0.1) is 0 Å². The molecule has 0 aromatic heterocycles. The summed E-state index contributed by atoms with van der Waals surface area (Å²) in [6, 6.07) is 7.52. The van der Waals surface area contributed by atoms with Crippen molar-refractivity contribution in [3.8, 4) is 0 Å². The minimum absolute atomic E-state index is 0.813. The van der Waals surface area contributed by atoms with Crippen LogP contribution < -0.4 is 10.6 Å². The molecule has 0 radical (unpaired) electrons. The third kappa shape index (κ3) is 2.69. The van der Waals surface area contributed by atoms with Crippen molar-refractivity contribution in [2.75, 3.05) is 18.4 Å². The van der Waals surface area contributed by atoms with Crippen LogP contribution in [-0.4, -0.2) is 19.1 Å². The van der Waals surface area contributed by atoms with Gasteiger partial charge in [0.2, 0.25) is 0 Å². The lowest BCUT2D eigenvalue weighted by atomic mass is 10.0. The van der Waals surface area contributed by atoms with Crippen molar-refractivity contribution in [3.05, 3.63) is 29.3 Å². The van der Waals surface area contributed by atoms with Crippen molar-refractivity contribution < 1.29 is 0 Å². The molecule has 1 aliphatic heterocycles. The largest absolute Gasteiger partial charge is 0.384 e. The second kappa shape index (κ2) is 5.75. The SMILES string of the molecule is c1cc(CCCNC2CCCC2)c2c(c1)NCC2. The van der Waals surface area contributed by atoms with Gasteiger partial charge in [-0.1, -0.05) is 25.0 Å². The maximum Gasteiger partial charge on any atom is 0.0376 e. The molecule has 1 aliphatic carbocycles. The van der Waals surface area contributed by atoms with Crippen molar-refractivity contribution in [1.29, 1.82) is 0 Å². The molecule has 0 atom stereocenters. The van der Waals surface area contributed by atoms with Gasteiger partial charge in [-0.2, -0.15) is 0 Å². The smallest absolute Gasteiger partial charge is 0.0376 e. The van der Waals surface area contributed by atoms with E-state index in [4.69, 9.17) is 0 Å². The highest BCUT2D eigenvalue weighted by molar-refractivity contribution is 5.58. The molecule has 2 aliphatic rings. The number of hydrogen-bond acceptors (Lipinski definition) is 2. The third-order valence-electron chi connectivity index (χ3n) is 4.37. The second-order valence-corrected chi connectivity index (χ2v) is 5.66. The number of fused-ring (bicyclic) bond motifs is 1. The van der Waals surface area contributed by atoms with Crippen LogP contribution in [0.2, 0.25) is 0 Å². The summed E-state index contributed by atoms with van der Waals surface area (Å²) in [6.45, 7) is 2.30. The monoisotopic (exact) mass is 244 g/mol. The maximum absolute atomic E-state index is 3.70. The van der Waals surface area contributed by atoms with Gasteiger partial charge < -0.3 is 10.6 Å².